The number of carbonyl (C=O) groups excluding carboxylic acids is 1. The Morgan fingerprint density at radius 1 is 1.36 bits per heavy atom. The highest BCUT2D eigenvalue weighted by Crippen LogP contribution is 2.26. The fourth-order valence-corrected chi connectivity index (χ4v) is 2.90. The molecule has 0 aliphatic heterocycles. The summed E-state index contributed by atoms with van der Waals surface area (Å²) >= 11 is 7.27. The Morgan fingerprint density at radius 3 is 2.76 bits per heavy atom. The van der Waals surface area contributed by atoms with Crippen molar-refractivity contribution in [2.75, 3.05) is 6.61 Å². The van der Waals surface area contributed by atoms with E-state index >= 15 is 0 Å². The number of hydrogen-bond donors (Lipinski definition) is 2. The number of thioether (sulfide) groups is 1. The van der Waals surface area contributed by atoms with Crippen molar-refractivity contribution >= 4 is 35.5 Å². The number of carbonyl (C=O) groups is 1. The molecule has 0 aliphatic carbocycles. The Bertz CT molecular complexity index is 750. The van der Waals surface area contributed by atoms with E-state index in [0.717, 1.165) is 4.90 Å². The van der Waals surface area contributed by atoms with Crippen LogP contribution in [-0.2, 0) is 4.79 Å². The number of nitrogens with zero attached hydrogens (tertiary/aromatic N) is 1. The second-order valence-corrected chi connectivity index (χ2v) is 6.96. The third kappa shape index (κ3) is 5.99. The summed E-state index contributed by atoms with van der Waals surface area (Å²) in [7, 11) is 0. The van der Waals surface area contributed by atoms with Crippen LogP contribution in [0.4, 0.5) is 0 Å². The number of aromatic hydroxyl groups is 1. The van der Waals surface area contributed by atoms with Crippen LogP contribution in [0, 0.1) is 0 Å². The molecule has 1 atom stereocenters. The minimum Gasteiger partial charge on any atom is -0.504 e. The van der Waals surface area contributed by atoms with Gasteiger partial charge in [-0.15, -0.1) is 11.8 Å². The number of ether oxygens (including phenoxy) is 1. The molecule has 7 heteroatoms. The molecular weight excluding hydrogens is 360 g/mol. The van der Waals surface area contributed by atoms with E-state index in [-0.39, 0.29) is 16.9 Å². The fraction of sp³-hybridized carbons (Fsp3) is 0.222. The van der Waals surface area contributed by atoms with Gasteiger partial charge in [-0.3, -0.25) is 4.79 Å². The summed E-state index contributed by atoms with van der Waals surface area (Å²) < 4.78 is 5.31. The molecule has 0 fully saturated rings. The lowest BCUT2D eigenvalue weighted by molar-refractivity contribution is -0.120. The number of hydrogen-bond acceptors (Lipinski definition) is 5. The number of hydrazone groups is 1. The van der Waals surface area contributed by atoms with Gasteiger partial charge in [0.05, 0.1) is 18.1 Å². The molecule has 1 amide bonds. The molecule has 2 rings (SSSR count). The molecule has 0 heterocycles. The molecular formula is C18H19ClN2O3S. The zero-order valence-electron chi connectivity index (χ0n) is 13.9. The van der Waals surface area contributed by atoms with Crippen LogP contribution in [0.5, 0.6) is 11.5 Å². The van der Waals surface area contributed by atoms with Crippen molar-refractivity contribution in [2.24, 2.45) is 5.10 Å². The third-order valence-electron chi connectivity index (χ3n) is 3.17. The number of phenolic OH excluding ortho intramolecular Hbond substituents is 1. The van der Waals surface area contributed by atoms with Crippen LogP contribution in [0.2, 0.25) is 5.02 Å². The fourth-order valence-electron chi connectivity index (χ4n) is 1.91. The van der Waals surface area contributed by atoms with Crippen LogP contribution in [0.15, 0.2) is 52.5 Å². The Balaban J connectivity index is 1.91. The first-order chi connectivity index (χ1) is 12.0. The molecule has 132 valence electrons. The van der Waals surface area contributed by atoms with Crippen LogP contribution in [0.25, 0.3) is 0 Å². The zero-order valence-corrected chi connectivity index (χ0v) is 15.5. The molecule has 5 nitrogen and oxygen atoms in total. The van der Waals surface area contributed by atoms with Crippen molar-refractivity contribution in [1.82, 2.24) is 5.43 Å². The lowest BCUT2D eigenvalue weighted by Gasteiger charge is -2.09. The number of halogens is 1. The topological polar surface area (TPSA) is 70.9 Å². The van der Waals surface area contributed by atoms with Crippen molar-refractivity contribution in [3.63, 3.8) is 0 Å². The first kappa shape index (κ1) is 19.1. The van der Waals surface area contributed by atoms with Crippen molar-refractivity contribution < 1.29 is 14.6 Å². The standard InChI is InChI=1S/C18H19ClN2O3S/c1-3-24-17-10-13(4-9-16(17)22)11-20-21-18(23)12(2)25-15-7-5-14(19)6-8-15/h4-12,22H,3H2,1-2H3,(H,21,23)/b20-11-/t12-/m0/s1. The van der Waals surface area contributed by atoms with Crippen LogP contribution in [-0.4, -0.2) is 29.1 Å². The maximum atomic E-state index is 12.1. The second kappa shape index (κ2) is 9.34. The van der Waals surface area contributed by atoms with Crippen molar-refractivity contribution in [1.29, 1.82) is 0 Å². The average molecular weight is 379 g/mol. The van der Waals surface area contributed by atoms with Gasteiger partial charge in [0.15, 0.2) is 11.5 Å². The predicted molar refractivity (Wildman–Crippen MR) is 102 cm³/mol. The van der Waals surface area contributed by atoms with Gasteiger partial charge in [-0.05, 0) is 61.9 Å². The minimum absolute atomic E-state index is 0.0658. The van der Waals surface area contributed by atoms with E-state index in [9.17, 15) is 9.90 Å². The molecule has 0 saturated carbocycles. The lowest BCUT2D eigenvalue weighted by Crippen LogP contribution is -2.26. The number of rotatable bonds is 7. The normalized spacial score (nSPS) is 12.1. The molecule has 25 heavy (non-hydrogen) atoms. The Labute approximate surface area is 156 Å². The molecule has 0 radical (unpaired) electrons. The van der Waals surface area contributed by atoms with Gasteiger partial charge in [0.2, 0.25) is 0 Å². The summed E-state index contributed by atoms with van der Waals surface area (Å²) in [5, 5.41) is 14.0. The van der Waals surface area contributed by atoms with Crippen LogP contribution >= 0.6 is 23.4 Å². The van der Waals surface area contributed by atoms with Gasteiger partial charge < -0.3 is 9.84 Å². The van der Waals surface area contributed by atoms with Gasteiger partial charge in [0, 0.05) is 9.92 Å². The second-order valence-electron chi connectivity index (χ2n) is 5.11. The highest BCUT2D eigenvalue weighted by Gasteiger charge is 2.13. The largest absolute Gasteiger partial charge is 0.504 e. The van der Waals surface area contributed by atoms with E-state index in [1.807, 2.05) is 19.1 Å². The van der Waals surface area contributed by atoms with E-state index in [4.69, 9.17) is 16.3 Å². The molecule has 2 N–H and O–H groups in total. The number of amides is 1. The summed E-state index contributed by atoms with van der Waals surface area (Å²) in [5.41, 5.74) is 3.22. The van der Waals surface area contributed by atoms with Gasteiger partial charge in [0.1, 0.15) is 0 Å². The van der Waals surface area contributed by atoms with Crippen molar-refractivity contribution in [2.45, 2.75) is 24.0 Å². The Kier molecular flexibility index (Phi) is 7.16. The van der Waals surface area contributed by atoms with E-state index in [1.165, 1.54) is 24.0 Å². The van der Waals surface area contributed by atoms with E-state index in [1.54, 1.807) is 31.2 Å². The first-order valence-corrected chi connectivity index (χ1v) is 8.96. The molecule has 2 aromatic carbocycles. The van der Waals surface area contributed by atoms with Crippen molar-refractivity contribution in [3.8, 4) is 11.5 Å². The number of benzene rings is 2. The summed E-state index contributed by atoms with van der Waals surface area (Å²) in [6, 6.07) is 12.2. The Morgan fingerprint density at radius 2 is 2.08 bits per heavy atom. The van der Waals surface area contributed by atoms with Crippen LogP contribution in [0.3, 0.4) is 0 Å². The maximum absolute atomic E-state index is 12.1. The smallest absolute Gasteiger partial charge is 0.253 e. The van der Waals surface area contributed by atoms with Gasteiger partial charge in [-0.1, -0.05) is 11.6 Å². The highest BCUT2D eigenvalue weighted by atomic mass is 35.5. The lowest BCUT2D eigenvalue weighted by atomic mass is 10.2. The molecule has 0 aromatic heterocycles. The van der Waals surface area contributed by atoms with E-state index in [0.29, 0.717) is 22.9 Å². The molecule has 0 spiro atoms. The number of nitrogens with one attached hydrogen (secondary N) is 1. The zero-order chi connectivity index (χ0) is 18.2. The maximum Gasteiger partial charge on any atom is 0.253 e. The molecule has 0 unspecified atom stereocenters. The van der Waals surface area contributed by atoms with Gasteiger partial charge in [-0.2, -0.15) is 5.10 Å². The van der Waals surface area contributed by atoms with Gasteiger partial charge in [-0.25, -0.2) is 5.43 Å². The summed E-state index contributed by atoms with van der Waals surface area (Å²) in [5.74, 6) is 0.237. The minimum atomic E-state index is -0.308. The average Bonchev–Trinajstić information content (AvgIpc) is 2.59. The molecule has 0 bridgehead atoms. The summed E-state index contributed by atoms with van der Waals surface area (Å²) in [6.07, 6.45) is 1.50. The quantitative estimate of drug-likeness (QED) is 0.432. The van der Waals surface area contributed by atoms with Gasteiger partial charge >= 0.3 is 0 Å². The summed E-state index contributed by atoms with van der Waals surface area (Å²) in [6.45, 7) is 4.09. The molecule has 2 aromatic rings. The Hall–Kier alpha value is -2.18. The summed E-state index contributed by atoms with van der Waals surface area (Å²) in [4.78, 5) is 13.0. The van der Waals surface area contributed by atoms with E-state index < -0.39 is 0 Å². The van der Waals surface area contributed by atoms with Crippen molar-refractivity contribution in [3.05, 3.63) is 53.1 Å². The third-order valence-corrected chi connectivity index (χ3v) is 4.53. The van der Waals surface area contributed by atoms with E-state index in [2.05, 4.69) is 10.5 Å². The van der Waals surface area contributed by atoms with Crippen LogP contribution < -0.4 is 10.2 Å². The SMILES string of the molecule is CCOc1cc(/C=N\NC(=O)[C@H](C)Sc2ccc(Cl)cc2)ccc1O. The first-order valence-electron chi connectivity index (χ1n) is 7.70. The molecule has 0 saturated heterocycles. The van der Waals surface area contributed by atoms with Crippen LogP contribution in [0.1, 0.15) is 19.4 Å². The highest BCUT2D eigenvalue weighted by molar-refractivity contribution is 8.00. The van der Waals surface area contributed by atoms with Gasteiger partial charge in [0.25, 0.3) is 5.91 Å². The monoisotopic (exact) mass is 378 g/mol. The predicted octanol–water partition coefficient (Wildman–Crippen LogP) is 4.08. The molecule has 0 aliphatic rings. The number of phenols is 1.